The van der Waals surface area contributed by atoms with Crippen LogP contribution in [-0.2, 0) is 43.4 Å². The van der Waals surface area contributed by atoms with Crippen LogP contribution in [0, 0.1) is 5.41 Å². The minimum absolute atomic E-state index is 0.274. The van der Waals surface area contributed by atoms with Crippen LogP contribution in [0.1, 0.15) is 55.7 Å². The fraction of sp³-hybridized carbons (Fsp3) is 0.484. The van der Waals surface area contributed by atoms with Gasteiger partial charge >= 0.3 is 24.0 Å². The maximum absolute atomic E-state index is 11.4. The highest BCUT2D eigenvalue weighted by molar-refractivity contribution is 5.88. The molecule has 1 fully saturated rings. The number of hydrogen-bond acceptors (Lipinski definition) is 8. The molecule has 1 saturated heterocycles. The van der Waals surface area contributed by atoms with Crippen molar-refractivity contribution < 1.29 is 49.1 Å². The lowest BCUT2D eigenvalue weighted by atomic mass is 9.74. The van der Waals surface area contributed by atoms with E-state index in [1.807, 2.05) is 6.07 Å². The van der Waals surface area contributed by atoms with E-state index in [9.17, 15) is 19.2 Å². The van der Waals surface area contributed by atoms with Crippen LogP contribution in [0.2, 0.25) is 0 Å². The van der Waals surface area contributed by atoms with Gasteiger partial charge in [0.1, 0.15) is 6.61 Å². The van der Waals surface area contributed by atoms with E-state index in [4.69, 9.17) is 29.9 Å². The number of likely N-dealkylation sites (tertiary alicyclic amines) is 1. The summed E-state index contributed by atoms with van der Waals surface area (Å²) < 4.78 is 11.0. The summed E-state index contributed by atoms with van der Waals surface area (Å²) in [4.78, 5) is 44.4. The monoisotopic (exact) mass is 600 g/mol. The highest BCUT2D eigenvalue weighted by atomic mass is 16.5. The normalized spacial score (nSPS) is 16.1. The number of benzene rings is 2. The summed E-state index contributed by atoms with van der Waals surface area (Å²) in [6.45, 7) is 7.20. The van der Waals surface area contributed by atoms with Crippen molar-refractivity contribution >= 4 is 29.7 Å². The van der Waals surface area contributed by atoms with E-state index in [0.717, 1.165) is 50.5 Å². The molecule has 1 amide bonds. The Kier molecular flexibility index (Phi) is 12.0. The molecule has 234 valence electrons. The first-order chi connectivity index (χ1) is 20.4. The van der Waals surface area contributed by atoms with E-state index in [1.165, 1.54) is 30.4 Å². The third-order valence-corrected chi connectivity index (χ3v) is 7.77. The molecule has 0 radical (unpaired) electrons. The molecular formula is C31H40N2O10. The number of aliphatic hydroxyl groups is 1. The molecule has 2 aliphatic heterocycles. The summed E-state index contributed by atoms with van der Waals surface area (Å²) >= 11 is 0. The number of carboxylic acids is 3. The van der Waals surface area contributed by atoms with E-state index in [-0.39, 0.29) is 11.5 Å². The minimum atomic E-state index is -2.74. The largest absolute Gasteiger partial charge is 0.481 e. The molecule has 2 aromatic rings. The zero-order valence-corrected chi connectivity index (χ0v) is 24.3. The summed E-state index contributed by atoms with van der Waals surface area (Å²) in [5.74, 6) is -5.02. The third-order valence-electron chi connectivity index (χ3n) is 7.77. The number of ether oxygens (including phenoxy) is 2. The summed E-state index contributed by atoms with van der Waals surface area (Å²) in [6, 6.07) is 17.1. The number of nitrogens with zero attached hydrogens (tertiary/aromatic N) is 1. The Hall–Kier alpha value is -4.00. The van der Waals surface area contributed by atoms with Crippen molar-refractivity contribution in [2.75, 3.05) is 31.6 Å². The smallest absolute Gasteiger partial charge is 0.411 e. The molecule has 0 aromatic heterocycles. The SMILES string of the molecule is CCOCC1(CCc2ccccc2)CCN(Cc2ccc3c(c2)COC(=O)N3)CC1.O=C(O)CC(O)(CC(=O)O)C(=O)O. The van der Waals surface area contributed by atoms with Gasteiger partial charge in [0.25, 0.3) is 0 Å². The molecule has 12 heteroatoms. The lowest BCUT2D eigenvalue weighted by molar-refractivity contribution is -0.170. The van der Waals surface area contributed by atoms with Gasteiger partial charge in [0.05, 0.1) is 25.1 Å². The quantitative estimate of drug-likeness (QED) is 0.226. The second kappa shape index (κ2) is 15.5. The van der Waals surface area contributed by atoms with Gasteiger partial charge in [-0.1, -0.05) is 36.4 Å². The number of amides is 1. The average molecular weight is 601 g/mol. The standard InChI is InChI=1S/C25H32N2O3.C6H8O7/c1-2-29-19-25(11-10-20-6-4-3-5-7-20)12-14-27(15-13-25)17-21-8-9-23-22(16-21)18-30-24(28)26-23;7-3(8)1-6(13,5(11)12)2-4(9)10/h3-9,16H,2,10-15,17-19H2,1H3,(H,26,28);13H,1-2H2,(H,7,8)(H,9,10)(H,11,12). The van der Waals surface area contributed by atoms with Crippen LogP contribution < -0.4 is 5.32 Å². The number of piperidine rings is 1. The molecule has 5 N–H and O–H groups in total. The Morgan fingerprint density at radius 3 is 2.23 bits per heavy atom. The number of anilines is 1. The summed E-state index contributed by atoms with van der Waals surface area (Å²) in [5, 5.41) is 36.6. The first-order valence-corrected chi connectivity index (χ1v) is 14.2. The van der Waals surface area contributed by atoms with Gasteiger partial charge in [-0.15, -0.1) is 0 Å². The van der Waals surface area contributed by atoms with Crippen molar-refractivity contribution in [2.45, 2.75) is 64.2 Å². The molecule has 4 rings (SSSR count). The van der Waals surface area contributed by atoms with Crippen molar-refractivity contribution in [3.63, 3.8) is 0 Å². The van der Waals surface area contributed by atoms with Gasteiger partial charge in [-0.05, 0) is 74.4 Å². The van der Waals surface area contributed by atoms with E-state index >= 15 is 0 Å². The molecular weight excluding hydrogens is 560 g/mol. The van der Waals surface area contributed by atoms with Gasteiger partial charge in [0.2, 0.25) is 0 Å². The predicted octanol–water partition coefficient (Wildman–Crippen LogP) is 3.75. The topological polar surface area (TPSA) is 183 Å². The van der Waals surface area contributed by atoms with E-state index in [0.29, 0.717) is 6.61 Å². The lowest BCUT2D eigenvalue weighted by Gasteiger charge is -2.42. The van der Waals surface area contributed by atoms with E-state index in [2.05, 4.69) is 59.6 Å². The van der Waals surface area contributed by atoms with Crippen molar-refractivity contribution in [2.24, 2.45) is 5.41 Å². The fourth-order valence-corrected chi connectivity index (χ4v) is 5.27. The number of aryl methyl sites for hydroxylation is 1. The summed E-state index contributed by atoms with van der Waals surface area (Å²) in [6.07, 6.45) is 1.98. The summed E-state index contributed by atoms with van der Waals surface area (Å²) in [7, 11) is 0. The molecule has 43 heavy (non-hydrogen) atoms. The van der Waals surface area contributed by atoms with E-state index in [1.54, 1.807) is 0 Å². The van der Waals surface area contributed by atoms with Gasteiger partial charge in [0, 0.05) is 18.7 Å². The highest BCUT2D eigenvalue weighted by Gasteiger charge is 2.41. The first-order valence-electron chi connectivity index (χ1n) is 14.2. The van der Waals surface area contributed by atoms with Gasteiger partial charge in [0.15, 0.2) is 5.60 Å². The Morgan fingerprint density at radius 1 is 1.00 bits per heavy atom. The van der Waals surface area contributed by atoms with Crippen LogP contribution in [-0.4, -0.2) is 81.2 Å². The number of nitrogens with one attached hydrogen (secondary N) is 1. The Labute approximate surface area is 250 Å². The van der Waals surface area contributed by atoms with Gasteiger partial charge < -0.3 is 29.9 Å². The third kappa shape index (κ3) is 10.3. The number of carboxylic acid groups (broad SMARTS) is 3. The van der Waals surface area contributed by atoms with Gasteiger partial charge in [-0.25, -0.2) is 9.59 Å². The Bertz CT molecular complexity index is 1240. The number of aliphatic carboxylic acids is 3. The van der Waals surface area contributed by atoms with Crippen LogP contribution in [0.3, 0.4) is 0 Å². The molecule has 0 spiro atoms. The minimum Gasteiger partial charge on any atom is -0.481 e. The fourth-order valence-electron chi connectivity index (χ4n) is 5.27. The molecule has 2 heterocycles. The number of rotatable bonds is 13. The second-order valence-electron chi connectivity index (χ2n) is 11.1. The van der Waals surface area contributed by atoms with Crippen LogP contribution in [0.5, 0.6) is 0 Å². The Morgan fingerprint density at radius 2 is 1.65 bits per heavy atom. The first kappa shape index (κ1) is 33.5. The molecule has 0 atom stereocenters. The maximum atomic E-state index is 11.4. The maximum Gasteiger partial charge on any atom is 0.411 e. The van der Waals surface area contributed by atoms with Crippen LogP contribution in [0.15, 0.2) is 48.5 Å². The number of carbonyl (C=O) groups excluding carboxylic acids is 1. The van der Waals surface area contributed by atoms with Crippen LogP contribution >= 0.6 is 0 Å². The van der Waals surface area contributed by atoms with Gasteiger partial charge in [-0.3, -0.25) is 19.8 Å². The molecule has 2 aliphatic rings. The van der Waals surface area contributed by atoms with Crippen LogP contribution in [0.25, 0.3) is 0 Å². The zero-order chi connectivity index (χ0) is 31.5. The van der Waals surface area contributed by atoms with Gasteiger partial charge in [-0.2, -0.15) is 0 Å². The average Bonchev–Trinajstić information content (AvgIpc) is 2.96. The number of carbonyl (C=O) groups is 4. The van der Waals surface area contributed by atoms with Crippen LogP contribution in [0.4, 0.5) is 10.5 Å². The lowest BCUT2D eigenvalue weighted by Crippen LogP contribution is -2.42. The Balaban J connectivity index is 0.000000331. The molecule has 0 aliphatic carbocycles. The molecule has 2 aromatic carbocycles. The van der Waals surface area contributed by atoms with Crippen molar-refractivity contribution in [1.82, 2.24) is 4.90 Å². The number of hydrogen-bond donors (Lipinski definition) is 5. The number of cyclic esters (lactones) is 1. The summed E-state index contributed by atoms with van der Waals surface area (Å²) in [5.41, 5.74) is 2.14. The second-order valence-corrected chi connectivity index (χ2v) is 11.1. The predicted molar refractivity (Wildman–Crippen MR) is 156 cm³/mol. The molecule has 0 saturated carbocycles. The van der Waals surface area contributed by atoms with Crippen molar-refractivity contribution in [3.8, 4) is 0 Å². The molecule has 12 nitrogen and oxygen atoms in total. The van der Waals surface area contributed by atoms with E-state index < -0.39 is 36.4 Å². The van der Waals surface area contributed by atoms with Crippen molar-refractivity contribution in [1.29, 1.82) is 0 Å². The van der Waals surface area contributed by atoms with Crippen molar-refractivity contribution in [3.05, 3.63) is 65.2 Å². The highest BCUT2D eigenvalue weighted by Crippen LogP contribution is 2.37. The molecule has 0 unspecified atom stereocenters. The number of fused-ring (bicyclic) bond motifs is 1. The zero-order valence-electron chi connectivity index (χ0n) is 24.3. The molecule has 0 bridgehead atoms.